The van der Waals surface area contributed by atoms with Gasteiger partial charge < -0.3 is 19.7 Å². The molecule has 0 unspecified atom stereocenters. The fraction of sp³-hybridized carbons (Fsp3) is 0.500. The second-order valence-electron chi connectivity index (χ2n) is 4.58. The number of rotatable bonds is 5. The van der Waals surface area contributed by atoms with Gasteiger partial charge in [0.15, 0.2) is 0 Å². The number of nitrogens with zero attached hydrogens (tertiary/aromatic N) is 2. The van der Waals surface area contributed by atoms with Gasteiger partial charge in [0.25, 0.3) is 11.8 Å². The van der Waals surface area contributed by atoms with Gasteiger partial charge in [-0.3, -0.25) is 14.6 Å². The molecule has 0 spiro atoms. The summed E-state index contributed by atoms with van der Waals surface area (Å²) in [4.78, 5) is 30.0. The van der Waals surface area contributed by atoms with Crippen molar-refractivity contribution < 1.29 is 19.1 Å². The van der Waals surface area contributed by atoms with Crippen LogP contribution < -0.4 is 5.32 Å². The van der Waals surface area contributed by atoms with Crippen LogP contribution >= 0.6 is 0 Å². The van der Waals surface area contributed by atoms with E-state index in [1.54, 1.807) is 18.1 Å². The highest BCUT2D eigenvalue weighted by atomic mass is 16.5. The minimum Gasteiger partial charge on any atom is -0.383 e. The molecule has 0 bridgehead atoms. The molecular formula is C14H19N3O4. The van der Waals surface area contributed by atoms with E-state index >= 15 is 0 Å². The predicted molar refractivity (Wildman–Crippen MR) is 75.2 cm³/mol. The van der Waals surface area contributed by atoms with Gasteiger partial charge in [-0.15, -0.1) is 0 Å². The average Bonchev–Trinajstić information content (AvgIpc) is 2.55. The van der Waals surface area contributed by atoms with Gasteiger partial charge in [-0.2, -0.15) is 0 Å². The van der Waals surface area contributed by atoms with Gasteiger partial charge in [-0.25, -0.2) is 0 Å². The van der Waals surface area contributed by atoms with Crippen molar-refractivity contribution in [3.63, 3.8) is 0 Å². The maximum absolute atomic E-state index is 12.3. The van der Waals surface area contributed by atoms with Gasteiger partial charge in [0.05, 0.1) is 19.8 Å². The lowest BCUT2D eigenvalue weighted by molar-refractivity contribution is 0.0299. The van der Waals surface area contributed by atoms with Gasteiger partial charge in [0, 0.05) is 38.5 Å². The van der Waals surface area contributed by atoms with Gasteiger partial charge in [-0.1, -0.05) is 0 Å². The number of pyridine rings is 1. The van der Waals surface area contributed by atoms with Gasteiger partial charge >= 0.3 is 0 Å². The van der Waals surface area contributed by atoms with Crippen molar-refractivity contribution in [3.8, 4) is 0 Å². The Bertz CT molecular complexity index is 501. The van der Waals surface area contributed by atoms with E-state index in [0.717, 1.165) is 0 Å². The van der Waals surface area contributed by atoms with Crippen LogP contribution in [-0.2, 0) is 9.47 Å². The second-order valence-corrected chi connectivity index (χ2v) is 4.58. The SMILES string of the molecule is COCCNC(=O)c1ccnc(C(=O)N2CCOCC2)c1. The number of ether oxygens (including phenoxy) is 2. The van der Waals surface area contributed by atoms with Crippen LogP contribution in [0.1, 0.15) is 20.8 Å². The van der Waals surface area contributed by atoms with E-state index in [9.17, 15) is 9.59 Å². The fourth-order valence-corrected chi connectivity index (χ4v) is 1.99. The third-order valence-electron chi connectivity index (χ3n) is 3.13. The van der Waals surface area contributed by atoms with E-state index in [0.29, 0.717) is 45.0 Å². The minimum atomic E-state index is -0.245. The molecular weight excluding hydrogens is 274 g/mol. The zero-order chi connectivity index (χ0) is 15.1. The van der Waals surface area contributed by atoms with Gasteiger partial charge in [0.2, 0.25) is 0 Å². The van der Waals surface area contributed by atoms with Crippen LogP contribution in [0.2, 0.25) is 0 Å². The molecule has 0 radical (unpaired) electrons. The predicted octanol–water partition coefficient (Wildman–Crippen LogP) is -0.0698. The summed E-state index contributed by atoms with van der Waals surface area (Å²) in [5.74, 6) is -0.421. The smallest absolute Gasteiger partial charge is 0.272 e. The Labute approximate surface area is 123 Å². The molecule has 2 heterocycles. The molecule has 0 aliphatic carbocycles. The molecule has 0 saturated carbocycles. The molecule has 7 heteroatoms. The first kappa shape index (κ1) is 15.4. The standard InChI is InChI=1S/C14H19N3O4/c1-20-7-4-16-13(18)11-2-3-15-12(10-11)14(19)17-5-8-21-9-6-17/h2-3,10H,4-9H2,1H3,(H,16,18). The third kappa shape index (κ3) is 4.24. The van der Waals surface area contributed by atoms with Crippen molar-refractivity contribution in [3.05, 3.63) is 29.6 Å². The number of nitrogens with one attached hydrogen (secondary N) is 1. The summed E-state index contributed by atoms with van der Waals surface area (Å²) in [6.07, 6.45) is 1.47. The van der Waals surface area contributed by atoms with E-state index in [1.807, 2.05) is 0 Å². The van der Waals surface area contributed by atoms with Crippen LogP contribution in [0.5, 0.6) is 0 Å². The van der Waals surface area contributed by atoms with Crippen molar-refractivity contribution in [2.45, 2.75) is 0 Å². The Balaban J connectivity index is 2.02. The number of hydrogen-bond donors (Lipinski definition) is 1. The van der Waals surface area contributed by atoms with E-state index in [4.69, 9.17) is 9.47 Å². The van der Waals surface area contributed by atoms with E-state index < -0.39 is 0 Å². The Kier molecular flexibility index (Phi) is 5.65. The van der Waals surface area contributed by atoms with Crippen molar-refractivity contribution >= 4 is 11.8 Å². The summed E-state index contributed by atoms with van der Waals surface area (Å²) in [7, 11) is 1.57. The fourth-order valence-electron chi connectivity index (χ4n) is 1.99. The van der Waals surface area contributed by atoms with Gasteiger partial charge in [0.1, 0.15) is 5.69 Å². The lowest BCUT2D eigenvalue weighted by Gasteiger charge is -2.26. The number of aromatic nitrogens is 1. The molecule has 2 amide bonds. The van der Waals surface area contributed by atoms with Crippen LogP contribution in [0.25, 0.3) is 0 Å². The normalized spacial score (nSPS) is 14.8. The molecule has 1 fully saturated rings. The summed E-state index contributed by atoms with van der Waals surface area (Å²) >= 11 is 0. The Hall–Kier alpha value is -1.99. The first-order valence-corrected chi connectivity index (χ1v) is 6.82. The second kappa shape index (κ2) is 7.70. The van der Waals surface area contributed by atoms with E-state index in [2.05, 4.69) is 10.3 Å². The summed E-state index contributed by atoms with van der Waals surface area (Å²) < 4.78 is 10.1. The number of carbonyl (C=O) groups is 2. The molecule has 1 aromatic rings. The van der Waals surface area contributed by atoms with Crippen LogP contribution in [0.4, 0.5) is 0 Å². The zero-order valence-corrected chi connectivity index (χ0v) is 12.0. The highest BCUT2D eigenvalue weighted by molar-refractivity contribution is 5.98. The lowest BCUT2D eigenvalue weighted by atomic mass is 10.2. The van der Waals surface area contributed by atoms with Crippen molar-refractivity contribution in [1.29, 1.82) is 0 Å². The number of carbonyl (C=O) groups excluding carboxylic acids is 2. The molecule has 2 rings (SSSR count). The maximum atomic E-state index is 12.3. The van der Waals surface area contributed by atoms with Crippen LogP contribution in [-0.4, -0.2) is 68.3 Å². The molecule has 21 heavy (non-hydrogen) atoms. The Morgan fingerprint density at radius 1 is 1.43 bits per heavy atom. The molecule has 1 saturated heterocycles. The quantitative estimate of drug-likeness (QED) is 0.769. The molecule has 0 atom stereocenters. The molecule has 0 aromatic carbocycles. The first-order valence-electron chi connectivity index (χ1n) is 6.82. The number of morpholine rings is 1. The largest absolute Gasteiger partial charge is 0.383 e. The molecule has 1 aliphatic rings. The molecule has 1 aliphatic heterocycles. The zero-order valence-electron chi connectivity index (χ0n) is 12.0. The van der Waals surface area contributed by atoms with Crippen molar-refractivity contribution in [1.82, 2.24) is 15.2 Å². The Morgan fingerprint density at radius 2 is 2.19 bits per heavy atom. The summed E-state index contributed by atoms with van der Waals surface area (Å²) in [5.41, 5.74) is 0.689. The Morgan fingerprint density at radius 3 is 2.90 bits per heavy atom. The topological polar surface area (TPSA) is 80.8 Å². The first-order chi connectivity index (χ1) is 10.2. The van der Waals surface area contributed by atoms with Crippen LogP contribution in [0, 0.1) is 0 Å². The summed E-state index contributed by atoms with van der Waals surface area (Å²) in [6.45, 7) is 3.02. The van der Waals surface area contributed by atoms with Crippen LogP contribution in [0.15, 0.2) is 18.3 Å². The molecule has 114 valence electrons. The van der Waals surface area contributed by atoms with E-state index in [-0.39, 0.29) is 17.5 Å². The maximum Gasteiger partial charge on any atom is 0.272 e. The minimum absolute atomic E-state index is 0.176. The molecule has 1 N–H and O–H groups in total. The highest BCUT2D eigenvalue weighted by Gasteiger charge is 2.20. The summed E-state index contributed by atoms with van der Waals surface area (Å²) in [6, 6.07) is 3.10. The third-order valence-corrected chi connectivity index (χ3v) is 3.13. The lowest BCUT2D eigenvalue weighted by Crippen LogP contribution is -2.41. The van der Waals surface area contributed by atoms with E-state index in [1.165, 1.54) is 12.3 Å². The monoisotopic (exact) mass is 293 g/mol. The van der Waals surface area contributed by atoms with Gasteiger partial charge in [-0.05, 0) is 12.1 Å². The molecule has 1 aromatic heterocycles. The van der Waals surface area contributed by atoms with Crippen molar-refractivity contribution in [2.75, 3.05) is 46.6 Å². The summed E-state index contributed by atoms with van der Waals surface area (Å²) in [5, 5.41) is 2.71. The average molecular weight is 293 g/mol. The number of methoxy groups -OCH3 is 1. The molecule has 7 nitrogen and oxygen atoms in total. The highest BCUT2D eigenvalue weighted by Crippen LogP contribution is 2.07. The van der Waals surface area contributed by atoms with Crippen LogP contribution in [0.3, 0.4) is 0 Å². The number of amides is 2. The van der Waals surface area contributed by atoms with Crippen molar-refractivity contribution in [2.24, 2.45) is 0 Å². The number of hydrogen-bond acceptors (Lipinski definition) is 5.